The van der Waals surface area contributed by atoms with E-state index in [4.69, 9.17) is 5.11 Å². The van der Waals surface area contributed by atoms with Gasteiger partial charge >= 0.3 is 0 Å². The van der Waals surface area contributed by atoms with E-state index >= 15 is 0 Å². The molecule has 0 bridgehead atoms. The second-order valence-electron chi connectivity index (χ2n) is 6.85. The van der Waals surface area contributed by atoms with E-state index in [1.807, 2.05) is 44.2 Å². The third kappa shape index (κ3) is 4.81. The minimum atomic E-state index is -0.410. The SMILES string of the molecule is CCC(C)(CCO)NC(=O)C1CC(=O)N(CCc2ccccc2)C1. The molecule has 1 aliphatic rings. The van der Waals surface area contributed by atoms with E-state index in [0.29, 0.717) is 19.5 Å². The Labute approximate surface area is 144 Å². The summed E-state index contributed by atoms with van der Waals surface area (Å²) in [4.78, 5) is 26.4. The van der Waals surface area contributed by atoms with Gasteiger partial charge in [0.25, 0.3) is 0 Å². The molecule has 1 fully saturated rings. The smallest absolute Gasteiger partial charge is 0.225 e. The van der Waals surface area contributed by atoms with Crippen molar-refractivity contribution in [3.8, 4) is 0 Å². The number of nitrogens with one attached hydrogen (secondary N) is 1. The Morgan fingerprint density at radius 3 is 2.71 bits per heavy atom. The minimum absolute atomic E-state index is 0.0391. The Morgan fingerprint density at radius 2 is 2.08 bits per heavy atom. The predicted octanol–water partition coefficient (Wildman–Crippen LogP) is 1.74. The van der Waals surface area contributed by atoms with Crippen LogP contribution in [-0.4, -0.2) is 47.1 Å². The number of hydrogen-bond donors (Lipinski definition) is 2. The van der Waals surface area contributed by atoms with E-state index in [0.717, 1.165) is 12.8 Å². The van der Waals surface area contributed by atoms with Crippen molar-refractivity contribution in [2.75, 3.05) is 19.7 Å². The zero-order valence-corrected chi connectivity index (χ0v) is 14.6. The van der Waals surface area contributed by atoms with Crippen LogP contribution in [0.3, 0.4) is 0 Å². The summed E-state index contributed by atoms with van der Waals surface area (Å²) in [5.74, 6) is -0.326. The Kier molecular flexibility index (Phi) is 6.37. The lowest BCUT2D eigenvalue weighted by molar-refractivity contribution is -0.129. The van der Waals surface area contributed by atoms with Crippen LogP contribution in [0.2, 0.25) is 0 Å². The fourth-order valence-electron chi connectivity index (χ4n) is 3.05. The van der Waals surface area contributed by atoms with Gasteiger partial charge in [-0.25, -0.2) is 0 Å². The van der Waals surface area contributed by atoms with Gasteiger partial charge in [0.05, 0.1) is 5.92 Å². The molecule has 132 valence electrons. The molecule has 2 atom stereocenters. The second kappa shape index (κ2) is 8.29. The van der Waals surface area contributed by atoms with Crippen molar-refractivity contribution >= 4 is 11.8 Å². The number of carbonyl (C=O) groups is 2. The van der Waals surface area contributed by atoms with Crippen molar-refractivity contribution in [2.45, 2.75) is 45.1 Å². The van der Waals surface area contributed by atoms with Crippen LogP contribution in [0.15, 0.2) is 30.3 Å². The molecule has 1 aromatic rings. The highest BCUT2D eigenvalue weighted by molar-refractivity contribution is 5.89. The summed E-state index contributed by atoms with van der Waals surface area (Å²) in [6, 6.07) is 10.1. The third-order valence-electron chi connectivity index (χ3n) is 4.97. The molecule has 1 heterocycles. The van der Waals surface area contributed by atoms with E-state index in [9.17, 15) is 9.59 Å². The molecule has 2 N–H and O–H groups in total. The van der Waals surface area contributed by atoms with E-state index in [2.05, 4.69) is 5.32 Å². The maximum absolute atomic E-state index is 12.5. The van der Waals surface area contributed by atoms with Gasteiger partial charge in [0.1, 0.15) is 0 Å². The van der Waals surface area contributed by atoms with Crippen molar-refractivity contribution in [3.05, 3.63) is 35.9 Å². The fourth-order valence-corrected chi connectivity index (χ4v) is 3.05. The molecule has 0 radical (unpaired) electrons. The Bertz CT molecular complexity index is 561. The predicted molar refractivity (Wildman–Crippen MR) is 93.4 cm³/mol. The number of aliphatic hydroxyl groups excluding tert-OH is 1. The Hall–Kier alpha value is -1.88. The van der Waals surface area contributed by atoms with Crippen LogP contribution >= 0.6 is 0 Å². The van der Waals surface area contributed by atoms with Gasteiger partial charge in [-0.3, -0.25) is 9.59 Å². The summed E-state index contributed by atoms with van der Waals surface area (Å²) in [5, 5.41) is 12.2. The number of amides is 2. The van der Waals surface area contributed by atoms with E-state index in [-0.39, 0.29) is 30.8 Å². The summed E-state index contributed by atoms with van der Waals surface area (Å²) >= 11 is 0. The summed E-state index contributed by atoms with van der Waals surface area (Å²) in [6.45, 7) is 5.09. The molecule has 2 rings (SSSR count). The first-order valence-corrected chi connectivity index (χ1v) is 8.72. The fraction of sp³-hybridized carbons (Fsp3) is 0.579. The average molecular weight is 332 g/mol. The normalized spacial score (nSPS) is 20.0. The van der Waals surface area contributed by atoms with Gasteiger partial charge in [0, 0.05) is 31.7 Å². The van der Waals surface area contributed by atoms with Crippen LogP contribution in [0.25, 0.3) is 0 Å². The summed E-state index contributed by atoms with van der Waals surface area (Å²) in [5.41, 5.74) is 0.784. The van der Waals surface area contributed by atoms with Crippen LogP contribution in [-0.2, 0) is 16.0 Å². The van der Waals surface area contributed by atoms with Crippen LogP contribution < -0.4 is 5.32 Å². The lowest BCUT2D eigenvalue weighted by Gasteiger charge is -2.30. The molecular formula is C19H28N2O3. The topological polar surface area (TPSA) is 69.6 Å². The lowest BCUT2D eigenvalue weighted by atomic mass is 9.93. The number of likely N-dealkylation sites (tertiary alicyclic amines) is 1. The van der Waals surface area contributed by atoms with Gasteiger partial charge in [-0.05, 0) is 31.7 Å². The van der Waals surface area contributed by atoms with Crippen LogP contribution in [0, 0.1) is 5.92 Å². The van der Waals surface area contributed by atoms with E-state index in [1.54, 1.807) is 4.90 Å². The molecule has 0 aliphatic carbocycles. The summed E-state index contributed by atoms with van der Waals surface area (Å²) < 4.78 is 0. The molecule has 0 saturated carbocycles. The molecule has 1 saturated heterocycles. The van der Waals surface area contributed by atoms with Gasteiger partial charge in [-0.2, -0.15) is 0 Å². The lowest BCUT2D eigenvalue weighted by Crippen LogP contribution is -2.48. The monoisotopic (exact) mass is 332 g/mol. The van der Waals surface area contributed by atoms with Crippen molar-refractivity contribution < 1.29 is 14.7 Å². The number of rotatable bonds is 8. The number of hydrogen-bond acceptors (Lipinski definition) is 3. The highest BCUT2D eigenvalue weighted by Crippen LogP contribution is 2.21. The number of nitrogens with zero attached hydrogens (tertiary/aromatic N) is 1. The van der Waals surface area contributed by atoms with E-state index in [1.165, 1.54) is 5.56 Å². The molecule has 2 unspecified atom stereocenters. The molecule has 0 spiro atoms. The molecular weight excluding hydrogens is 304 g/mol. The van der Waals surface area contributed by atoms with Gasteiger partial charge in [-0.15, -0.1) is 0 Å². The first-order chi connectivity index (χ1) is 11.5. The summed E-state index contributed by atoms with van der Waals surface area (Å²) in [7, 11) is 0. The zero-order chi connectivity index (χ0) is 17.6. The molecule has 24 heavy (non-hydrogen) atoms. The standard InChI is InChI=1S/C19H28N2O3/c1-3-19(2,10-12-22)20-18(24)16-13-17(23)21(14-16)11-9-15-7-5-4-6-8-15/h4-8,16,22H,3,9-14H2,1-2H3,(H,20,24). The highest BCUT2D eigenvalue weighted by atomic mass is 16.3. The minimum Gasteiger partial charge on any atom is -0.396 e. The average Bonchev–Trinajstić information content (AvgIpc) is 2.95. The van der Waals surface area contributed by atoms with Crippen LogP contribution in [0.5, 0.6) is 0 Å². The van der Waals surface area contributed by atoms with Gasteiger partial charge in [0.2, 0.25) is 11.8 Å². The van der Waals surface area contributed by atoms with Gasteiger partial charge in [-0.1, -0.05) is 37.3 Å². The zero-order valence-electron chi connectivity index (χ0n) is 14.6. The van der Waals surface area contributed by atoms with Crippen molar-refractivity contribution in [3.63, 3.8) is 0 Å². The Morgan fingerprint density at radius 1 is 1.38 bits per heavy atom. The molecule has 5 heteroatoms. The van der Waals surface area contributed by atoms with Crippen molar-refractivity contribution in [1.82, 2.24) is 10.2 Å². The van der Waals surface area contributed by atoms with Gasteiger partial charge in [0.15, 0.2) is 0 Å². The number of aliphatic hydroxyl groups is 1. The number of benzene rings is 1. The van der Waals surface area contributed by atoms with Gasteiger partial charge < -0.3 is 15.3 Å². The van der Waals surface area contributed by atoms with Crippen molar-refractivity contribution in [2.24, 2.45) is 5.92 Å². The molecule has 5 nitrogen and oxygen atoms in total. The van der Waals surface area contributed by atoms with E-state index < -0.39 is 5.54 Å². The van der Waals surface area contributed by atoms with Crippen LogP contribution in [0.4, 0.5) is 0 Å². The Balaban J connectivity index is 1.88. The summed E-state index contributed by atoms with van der Waals surface area (Å²) in [6.07, 6.45) is 2.35. The molecule has 1 aliphatic heterocycles. The maximum atomic E-state index is 12.5. The molecule has 1 aromatic carbocycles. The first kappa shape index (κ1) is 18.5. The second-order valence-corrected chi connectivity index (χ2v) is 6.85. The molecule has 2 amide bonds. The molecule has 0 aromatic heterocycles. The quantitative estimate of drug-likeness (QED) is 0.762. The number of carbonyl (C=O) groups excluding carboxylic acids is 2. The third-order valence-corrected chi connectivity index (χ3v) is 4.97. The maximum Gasteiger partial charge on any atom is 0.225 e. The van der Waals surface area contributed by atoms with Crippen LogP contribution in [0.1, 0.15) is 38.7 Å². The first-order valence-electron chi connectivity index (χ1n) is 8.72. The highest BCUT2D eigenvalue weighted by Gasteiger charge is 2.36. The largest absolute Gasteiger partial charge is 0.396 e. The van der Waals surface area contributed by atoms with Crippen molar-refractivity contribution in [1.29, 1.82) is 0 Å².